The van der Waals surface area contributed by atoms with E-state index in [1.807, 2.05) is 56.3 Å². The zero-order valence-corrected chi connectivity index (χ0v) is 14.8. The van der Waals surface area contributed by atoms with Gasteiger partial charge in [0.15, 0.2) is 0 Å². The van der Waals surface area contributed by atoms with Crippen LogP contribution in [-0.4, -0.2) is 32.2 Å². The highest BCUT2D eigenvalue weighted by Crippen LogP contribution is 2.27. The SMILES string of the molecule is CC1=NN(c2ccc(OC=O)cc2)C(=O)C1=Cc1ccc(N(C)C)cc1. The Labute approximate surface area is 152 Å². The molecular formula is C20H19N3O3. The van der Waals surface area contributed by atoms with Crippen molar-refractivity contribution < 1.29 is 14.3 Å². The molecule has 1 aliphatic rings. The Morgan fingerprint density at radius 1 is 1.04 bits per heavy atom. The first kappa shape index (κ1) is 17.4. The molecule has 0 aliphatic carbocycles. The van der Waals surface area contributed by atoms with Crippen LogP contribution in [0.1, 0.15) is 12.5 Å². The van der Waals surface area contributed by atoms with Gasteiger partial charge in [-0.1, -0.05) is 12.1 Å². The van der Waals surface area contributed by atoms with Crippen molar-refractivity contribution in [3.63, 3.8) is 0 Å². The van der Waals surface area contributed by atoms with E-state index < -0.39 is 0 Å². The summed E-state index contributed by atoms with van der Waals surface area (Å²) in [6.07, 6.45) is 1.84. The summed E-state index contributed by atoms with van der Waals surface area (Å²) >= 11 is 0. The lowest BCUT2D eigenvalue weighted by Gasteiger charge is -2.12. The molecule has 0 spiro atoms. The van der Waals surface area contributed by atoms with Crippen LogP contribution in [0.3, 0.4) is 0 Å². The Morgan fingerprint density at radius 2 is 1.69 bits per heavy atom. The first-order valence-corrected chi connectivity index (χ1v) is 8.09. The summed E-state index contributed by atoms with van der Waals surface area (Å²) in [5, 5.41) is 5.70. The number of anilines is 2. The zero-order valence-electron chi connectivity index (χ0n) is 14.8. The lowest BCUT2D eigenvalue weighted by molar-refractivity contribution is -0.120. The molecule has 26 heavy (non-hydrogen) atoms. The lowest BCUT2D eigenvalue weighted by atomic mass is 10.1. The van der Waals surface area contributed by atoms with E-state index in [0.29, 0.717) is 29.2 Å². The third kappa shape index (κ3) is 3.49. The quantitative estimate of drug-likeness (QED) is 0.615. The van der Waals surface area contributed by atoms with Crippen molar-refractivity contribution in [1.82, 2.24) is 0 Å². The number of carbonyl (C=O) groups excluding carboxylic acids is 2. The summed E-state index contributed by atoms with van der Waals surface area (Å²) in [6, 6.07) is 14.5. The number of carbonyl (C=O) groups is 2. The molecule has 0 aromatic heterocycles. The first-order valence-electron chi connectivity index (χ1n) is 8.09. The van der Waals surface area contributed by atoms with Crippen LogP contribution in [0, 0.1) is 0 Å². The molecule has 2 aromatic rings. The third-order valence-electron chi connectivity index (χ3n) is 4.05. The highest BCUT2D eigenvalue weighted by atomic mass is 16.5. The molecule has 0 saturated carbocycles. The van der Waals surface area contributed by atoms with Crippen molar-refractivity contribution in [2.75, 3.05) is 24.0 Å². The Kier molecular flexibility index (Phi) is 4.84. The van der Waals surface area contributed by atoms with Crippen LogP contribution in [0.5, 0.6) is 5.75 Å². The van der Waals surface area contributed by atoms with Gasteiger partial charge in [0.1, 0.15) is 5.75 Å². The van der Waals surface area contributed by atoms with Gasteiger partial charge in [-0.15, -0.1) is 0 Å². The highest BCUT2D eigenvalue weighted by Gasteiger charge is 2.28. The maximum atomic E-state index is 12.8. The van der Waals surface area contributed by atoms with Crippen LogP contribution in [0.2, 0.25) is 0 Å². The Hall–Kier alpha value is -3.41. The molecule has 0 saturated heterocycles. The molecule has 0 N–H and O–H groups in total. The molecule has 1 aliphatic heterocycles. The number of hydrogen-bond donors (Lipinski definition) is 0. The van der Waals surface area contributed by atoms with Crippen molar-refractivity contribution in [2.45, 2.75) is 6.92 Å². The van der Waals surface area contributed by atoms with E-state index in [2.05, 4.69) is 5.10 Å². The van der Waals surface area contributed by atoms with Gasteiger partial charge < -0.3 is 9.64 Å². The van der Waals surface area contributed by atoms with Crippen LogP contribution < -0.4 is 14.6 Å². The molecular weight excluding hydrogens is 330 g/mol. The number of rotatable bonds is 5. The van der Waals surface area contributed by atoms with Crippen molar-refractivity contribution >= 4 is 35.5 Å². The summed E-state index contributed by atoms with van der Waals surface area (Å²) in [5.41, 5.74) is 3.84. The van der Waals surface area contributed by atoms with Crippen molar-refractivity contribution in [2.24, 2.45) is 5.10 Å². The third-order valence-corrected chi connectivity index (χ3v) is 4.05. The predicted octanol–water partition coefficient (Wildman–Crippen LogP) is 3.09. The summed E-state index contributed by atoms with van der Waals surface area (Å²) in [4.78, 5) is 25.1. The van der Waals surface area contributed by atoms with E-state index >= 15 is 0 Å². The minimum absolute atomic E-state index is 0.191. The van der Waals surface area contributed by atoms with Gasteiger partial charge in [0.2, 0.25) is 0 Å². The number of benzene rings is 2. The van der Waals surface area contributed by atoms with E-state index in [0.717, 1.165) is 11.3 Å². The van der Waals surface area contributed by atoms with Gasteiger partial charge in [0, 0.05) is 19.8 Å². The topological polar surface area (TPSA) is 62.2 Å². The van der Waals surface area contributed by atoms with Crippen molar-refractivity contribution in [1.29, 1.82) is 0 Å². The Bertz CT molecular complexity index is 882. The smallest absolute Gasteiger partial charge is 0.298 e. The molecule has 1 amide bonds. The maximum Gasteiger partial charge on any atom is 0.298 e. The summed E-state index contributed by atoms with van der Waals surface area (Å²) < 4.78 is 4.76. The normalized spacial score (nSPS) is 15.2. The molecule has 6 nitrogen and oxygen atoms in total. The number of hydrogen-bond acceptors (Lipinski definition) is 5. The van der Waals surface area contributed by atoms with E-state index in [1.165, 1.54) is 5.01 Å². The van der Waals surface area contributed by atoms with Gasteiger partial charge in [-0.05, 0) is 55.0 Å². The second kappa shape index (κ2) is 7.23. The fourth-order valence-corrected chi connectivity index (χ4v) is 2.62. The van der Waals surface area contributed by atoms with E-state index in [-0.39, 0.29) is 5.91 Å². The molecule has 0 radical (unpaired) electrons. The summed E-state index contributed by atoms with van der Waals surface area (Å²) in [7, 11) is 3.96. The first-order chi connectivity index (χ1) is 12.5. The van der Waals surface area contributed by atoms with Gasteiger partial charge in [0.05, 0.1) is 17.0 Å². The number of hydrazone groups is 1. The van der Waals surface area contributed by atoms with E-state index in [4.69, 9.17) is 4.74 Å². The molecule has 0 bridgehead atoms. The van der Waals surface area contributed by atoms with Crippen LogP contribution in [0.15, 0.2) is 59.2 Å². The standard InChI is InChI=1S/C20H19N3O3/c1-14-19(12-15-4-6-16(7-5-15)22(2)3)20(25)23(21-14)17-8-10-18(11-9-17)26-13-24/h4-13H,1-3H3. The fourth-order valence-electron chi connectivity index (χ4n) is 2.62. The van der Waals surface area contributed by atoms with E-state index in [9.17, 15) is 9.59 Å². The molecule has 3 rings (SSSR count). The van der Waals surface area contributed by atoms with Gasteiger partial charge >= 0.3 is 0 Å². The molecule has 0 unspecified atom stereocenters. The van der Waals surface area contributed by atoms with Gasteiger partial charge in [-0.3, -0.25) is 9.59 Å². The second-order valence-corrected chi connectivity index (χ2v) is 6.05. The van der Waals surface area contributed by atoms with Crippen LogP contribution in [0.4, 0.5) is 11.4 Å². The maximum absolute atomic E-state index is 12.8. The monoisotopic (exact) mass is 349 g/mol. The van der Waals surface area contributed by atoms with Crippen LogP contribution >= 0.6 is 0 Å². The number of ether oxygens (including phenoxy) is 1. The highest BCUT2D eigenvalue weighted by molar-refractivity contribution is 6.32. The minimum atomic E-state index is -0.191. The van der Waals surface area contributed by atoms with Gasteiger partial charge in [-0.25, -0.2) is 0 Å². The van der Waals surface area contributed by atoms with Crippen molar-refractivity contribution in [3.8, 4) is 5.75 Å². The molecule has 1 heterocycles. The van der Waals surface area contributed by atoms with Crippen molar-refractivity contribution in [3.05, 3.63) is 59.7 Å². The number of nitrogens with zero attached hydrogens (tertiary/aromatic N) is 3. The van der Waals surface area contributed by atoms with Gasteiger partial charge in [0.25, 0.3) is 12.4 Å². The zero-order chi connectivity index (χ0) is 18.7. The second-order valence-electron chi connectivity index (χ2n) is 6.05. The summed E-state index contributed by atoms with van der Waals surface area (Å²) in [6.45, 7) is 2.17. The predicted molar refractivity (Wildman–Crippen MR) is 102 cm³/mol. The molecule has 2 aromatic carbocycles. The van der Waals surface area contributed by atoms with Crippen LogP contribution in [-0.2, 0) is 9.59 Å². The minimum Gasteiger partial charge on any atom is -0.429 e. The number of amides is 1. The Morgan fingerprint density at radius 3 is 2.27 bits per heavy atom. The Balaban J connectivity index is 1.84. The average molecular weight is 349 g/mol. The van der Waals surface area contributed by atoms with Crippen LogP contribution in [0.25, 0.3) is 6.08 Å². The molecule has 132 valence electrons. The largest absolute Gasteiger partial charge is 0.429 e. The molecule has 6 heteroatoms. The fraction of sp³-hybridized carbons (Fsp3) is 0.150. The lowest BCUT2D eigenvalue weighted by Crippen LogP contribution is -2.21. The average Bonchev–Trinajstić information content (AvgIpc) is 2.91. The molecule has 0 fully saturated rings. The molecule has 0 atom stereocenters. The van der Waals surface area contributed by atoms with E-state index in [1.54, 1.807) is 24.3 Å². The van der Waals surface area contributed by atoms with Gasteiger partial charge in [-0.2, -0.15) is 10.1 Å². The summed E-state index contributed by atoms with van der Waals surface area (Å²) in [5.74, 6) is 0.219.